The van der Waals surface area contributed by atoms with Crippen molar-refractivity contribution < 1.29 is 12.8 Å². The van der Waals surface area contributed by atoms with Crippen molar-refractivity contribution in [3.8, 4) is 0 Å². The van der Waals surface area contributed by atoms with Gasteiger partial charge in [-0.1, -0.05) is 26.8 Å². The van der Waals surface area contributed by atoms with E-state index in [-0.39, 0.29) is 15.2 Å². The zero-order valence-corrected chi connectivity index (χ0v) is 21.4. The minimum atomic E-state index is -4.07. The van der Waals surface area contributed by atoms with Crippen LogP contribution < -0.4 is 10.3 Å². The van der Waals surface area contributed by atoms with Crippen LogP contribution in [-0.4, -0.2) is 26.1 Å². The predicted molar refractivity (Wildman–Crippen MR) is 135 cm³/mol. The van der Waals surface area contributed by atoms with Crippen molar-refractivity contribution in [2.45, 2.75) is 63.8 Å². The fourth-order valence-corrected chi connectivity index (χ4v) is 6.55. The largest absolute Gasteiger partial charge is 0.369 e. The third-order valence-corrected chi connectivity index (χ3v) is 8.61. The molecular formula is C27H33FN2O3S. The molecular weight excluding hydrogens is 451 g/mol. The second-order valence-electron chi connectivity index (χ2n) is 9.94. The third-order valence-electron chi connectivity index (χ3n) is 6.87. The molecule has 0 aliphatic carbocycles. The second-order valence-corrected chi connectivity index (χ2v) is 11.9. The highest BCUT2D eigenvalue weighted by molar-refractivity contribution is 7.91. The average molecular weight is 485 g/mol. The lowest BCUT2D eigenvalue weighted by Gasteiger charge is -2.37. The summed E-state index contributed by atoms with van der Waals surface area (Å²) in [5.41, 5.74) is 2.17. The molecule has 34 heavy (non-hydrogen) atoms. The zero-order chi connectivity index (χ0) is 24.8. The summed E-state index contributed by atoms with van der Waals surface area (Å²) in [5, 5.41) is 0.0951. The number of rotatable bonds is 5. The molecule has 4 rings (SSSR count). The Bertz CT molecular complexity index is 1400. The third kappa shape index (κ3) is 4.38. The van der Waals surface area contributed by atoms with Gasteiger partial charge in [-0.05, 0) is 73.9 Å². The fourth-order valence-electron chi connectivity index (χ4n) is 5.10. The lowest BCUT2D eigenvalue weighted by molar-refractivity contribution is 0.354. The number of nitrogens with zero attached hydrogens (tertiary/aromatic N) is 2. The van der Waals surface area contributed by atoms with Crippen molar-refractivity contribution >= 4 is 26.4 Å². The molecule has 1 aromatic heterocycles. The number of anilines is 1. The van der Waals surface area contributed by atoms with Gasteiger partial charge in [-0.25, -0.2) is 12.8 Å². The molecule has 0 bridgehead atoms. The first kappa shape index (κ1) is 24.5. The van der Waals surface area contributed by atoms with Crippen molar-refractivity contribution in [3.63, 3.8) is 0 Å². The van der Waals surface area contributed by atoms with E-state index in [1.165, 1.54) is 18.3 Å². The number of hydrogen-bond donors (Lipinski definition) is 0. The standard InChI is InChI=1S/C27H33FN2O3S/c1-6-9-29-16-26(34(32,33)21-8-7-19(4)20(5)11-21)27(31)22-12-23(28)25(13-24(22)29)30-14-17(2)10-18(3)15-30/h7-8,11-13,16-18H,6,9-10,14-15H2,1-5H3/t17-,18-/m0/s1. The summed E-state index contributed by atoms with van der Waals surface area (Å²) < 4.78 is 44.1. The Balaban J connectivity index is 1.92. The molecule has 1 aliphatic heterocycles. The van der Waals surface area contributed by atoms with E-state index in [4.69, 9.17) is 0 Å². The Morgan fingerprint density at radius 3 is 2.32 bits per heavy atom. The molecule has 182 valence electrons. The topological polar surface area (TPSA) is 59.4 Å². The van der Waals surface area contributed by atoms with Crippen LogP contribution in [0.25, 0.3) is 10.9 Å². The first-order chi connectivity index (χ1) is 16.0. The van der Waals surface area contributed by atoms with Crippen LogP contribution in [0.1, 0.15) is 44.7 Å². The fraction of sp³-hybridized carbons (Fsp3) is 0.444. The smallest absolute Gasteiger partial charge is 0.211 e. The minimum absolute atomic E-state index is 0.0727. The van der Waals surface area contributed by atoms with Gasteiger partial charge in [0.2, 0.25) is 15.3 Å². The highest BCUT2D eigenvalue weighted by atomic mass is 32.2. The highest BCUT2D eigenvalue weighted by Crippen LogP contribution is 2.32. The van der Waals surface area contributed by atoms with Crippen molar-refractivity contribution in [3.05, 3.63) is 63.7 Å². The molecule has 0 spiro atoms. The van der Waals surface area contributed by atoms with E-state index in [2.05, 4.69) is 13.8 Å². The molecule has 0 N–H and O–H groups in total. The van der Waals surface area contributed by atoms with E-state index in [1.807, 2.05) is 25.7 Å². The first-order valence-corrected chi connectivity index (χ1v) is 13.4. The molecule has 0 saturated carbocycles. The molecule has 1 fully saturated rings. The van der Waals surface area contributed by atoms with Gasteiger partial charge in [0, 0.05) is 25.8 Å². The van der Waals surface area contributed by atoms with Crippen molar-refractivity contribution in [1.29, 1.82) is 0 Å². The Hall–Kier alpha value is -2.67. The molecule has 3 aromatic rings. The number of hydrogen-bond acceptors (Lipinski definition) is 4. The summed E-state index contributed by atoms with van der Waals surface area (Å²) in [6.07, 6.45) is 3.28. The number of halogens is 1. The van der Waals surface area contributed by atoms with E-state index in [0.29, 0.717) is 29.6 Å². The van der Waals surface area contributed by atoms with Crippen molar-refractivity contribution in [2.24, 2.45) is 11.8 Å². The van der Waals surface area contributed by atoms with Crippen molar-refractivity contribution in [1.82, 2.24) is 4.57 Å². The Morgan fingerprint density at radius 2 is 1.71 bits per heavy atom. The van der Waals surface area contributed by atoms with Gasteiger partial charge in [0.1, 0.15) is 10.7 Å². The number of benzene rings is 2. The number of fused-ring (bicyclic) bond motifs is 1. The number of pyridine rings is 1. The number of aryl methyl sites for hydroxylation is 3. The van der Waals surface area contributed by atoms with Gasteiger partial charge in [-0.2, -0.15) is 0 Å². The molecule has 1 aliphatic rings. The summed E-state index contributed by atoms with van der Waals surface area (Å²) in [7, 11) is -4.07. The molecule has 2 aromatic carbocycles. The van der Waals surface area contributed by atoms with Crippen LogP contribution >= 0.6 is 0 Å². The summed E-state index contributed by atoms with van der Waals surface area (Å²) in [6.45, 7) is 12.1. The van der Waals surface area contributed by atoms with E-state index >= 15 is 4.39 Å². The van der Waals surface area contributed by atoms with Crippen LogP contribution in [0.2, 0.25) is 0 Å². The molecule has 0 radical (unpaired) electrons. The van der Waals surface area contributed by atoms with Crippen LogP contribution in [0, 0.1) is 31.5 Å². The van der Waals surface area contributed by atoms with E-state index in [9.17, 15) is 13.2 Å². The molecule has 0 amide bonds. The summed E-state index contributed by atoms with van der Waals surface area (Å²) in [5.74, 6) is 0.402. The van der Waals surface area contributed by atoms with Gasteiger partial charge in [0.25, 0.3) is 0 Å². The molecule has 2 atom stereocenters. The molecule has 0 unspecified atom stereocenters. The van der Waals surface area contributed by atoms with Gasteiger partial charge >= 0.3 is 0 Å². The molecule has 7 heteroatoms. The quantitative estimate of drug-likeness (QED) is 0.481. The van der Waals surface area contributed by atoms with Crippen LogP contribution in [0.4, 0.5) is 10.1 Å². The molecule has 1 saturated heterocycles. The van der Waals surface area contributed by atoms with E-state index < -0.39 is 21.1 Å². The SMILES string of the molecule is CCCn1cc(S(=O)(=O)c2ccc(C)c(C)c2)c(=O)c2cc(F)c(N3C[C@@H](C)C[C@H](C)C3)cc21. The van der Waals surface area contributed by atoms with Gasteiger partial charge in [-0.15, -0.1) is 0 Å². The van der Waals surface area contributed by atoms with E-state index in [1.54, 1.807) is 22.8 Å². The summed E-state index contributed by atoms with van der Waals surface area (Å²) in [6, 6.07) is 7.79. The number of piperidine rings is 1. The van der Waals surface area contributed by atoms with Crippen LogP contribution in [0.5, 0.6) is 0 Å². The van der Waals surface area contributed by atoms with Crippen molar-refractivity contribution in [2.75, 3.05) is 18.0 Å². The molecule has 5 nitrogen and oxygen atoms in total. The number of sulfone groups is 1. The van der Waals surface area contributed by atoms with Crippen LogP contribution in [0.15, 0.2) is 51.1 Å². The lowest BCUT2D eigenvalue weighted by Crippen LogP contribution is -2.39. The lowest BCUT2D eigenvalue weighted by atomic mass is 9.91. The molecule has 2 heterocycles. The normalized spacial score (nSPS) is 19.1. The van der Waals surface area contributed by atoms with E-state index in [0.717, 1.165) is 37.1 Å². The predicted octanol–water partition coefficient (Wildman–Crippen LogP) is 5.48. The maximum Gasteiger partial charge on any atom is 0.211 e. The average Bonchev–Trinajstić information content (AvgIpc) is 2.76. The van der Waals surface area contributed by atoms with Gasteiger partial charge < -0.3 is 9.47 Å². The van der Waals surface area contributed by atoms with Gasteiger partial charge in [-0.3, -0.25) is 4.79 Å². The van der Waals surface area contributed by atoms with Crippen LogP contribution in [0.3, 0.4) is 0 Å². The maximum atomic E-state index is 15.4. The number of aromatic nitrogens is 1. The Labute approximate surface area is 201 Å². The Morgan fingerprint density at radius 1 is 1.03 bits per heavy atom. The monoisotopic (exact) mass is 484 g/mol. The second kappa shape index (κ2) is 9.17. The highest BCUT2D eigenvalue weighted by Gasteiger charge is 2.27. The zero-order valence-electron chi connectivity index (χ0n) is 20.6. The van der Waals surface area contributed by atoms with Gasteiger partial charge in [0.05, 0.1) is 21.5 Å². The first-order valence-electron chi connectivity index (χ1n) is 12.0. The van der Waals surface area contributed by atoms with Gasteiger partial charge in [0.15, 0.2) is 0 Å². The summed E-state index contributed by atoms with van der Waals surface area (Å²) >= 11 is 0. The minimum Gasteiger partial charge on any atom is -0.369 e. The maximum absolute atomic E-state index is 15.4. The Kier molecular flexibility index (Phi) is 6.60. The summed E-state index contributed by atoms with van der Waals surface area (Å²) in [4.78, 5) is 15.2. The van der Waals surface area contributed by atoms with Crippen LogP contribution in [-0.2, 0) is 16.4 Å².